The highest BCUT2D eigenvalue weighted by Gasteiger charge is 2.00. The van der Waals surface area contributed by atoms with Crippen molar-refractivity contribution in [2.24, 2.45) is 0 Å². The average molecular weight is 282 g/mol. The second-order valence-corrected chi connectivity index (χ2v) is 5.00. The van der Waals surface area contributed by atoms with Crippen molar-refractivity contribution in [3.63, 3.8) is 0 Å². The summed E-state index contributed by atoms with van der Waals surface area (Å²) in [6.07, 6.45) is 1.39. The van der Waals surface area contributed by atoms with Crippen LogP contribution in [0.4, 0.5) is 0 Å². The van der Waals surface area contributed by atoms with Gasteiger partial charge in [-0.2, -0.15) is 0 Å². The molecule has 0 fully saturated rings. The molecular weight excluding hydrogens is 260 g/mol. The van der Waals surface area contributed by atoms with E-state index in [2.05, 4.69) is 34.9 Å². The third-order valence-corrected chi connectivity index (χ3v) is 3.28. The molecule has 2 N–H and O–H groups in total. The first-order chi connectivity index (χ1) is 10.3. The number of carbonyl (C=O) groups is 1. The van der Waals surface area contributed by atoms with Crippen molar-refractivity contribution in [1.29, 1.82) is 0 Å². The maximum atomic E-state index is 11.7. The smallest absolute Gasteiger partial charge is 0.221 e. The zero-order valence-corrected chi connectivity index (χ0v) is 12.2. The standard InChI is InChI=1S/C18H22N2O/c21-18(20-14-11-16-7-3-1-4-8-16)12-13-19-15-17-9-5-2-6-10-17/h1-10,19H,11-15H2,(H,20,21). The summed E-state index contributed by atoms with van der Waals surface area (Å²) in [6.45, 7) is 2.20. The molecular formula is C18H22N2O. The Balaban J connectivity index is 1.54. The molecule has 0 aliphatic heterocycles. The van der Waals surface area contributed by atoms with Gasteiger partial charge in [0.25, 0.3) is 0 Å². The summed E-state index contributed by atoms with van der Waals surface area (Å²) >= 11 is 0. The molecule has 0 aliphatic rings. The lowest BCUT2D eigenvalue weighted by Gasteiger charge is -2.07. The molecule has 0 atom stereocenters. The molecule has 1 amide bonds. The van der Waals surface area contributed by atoms with Gasteiger partial charge < -0.3 is 10.6 Å². The predicted octanol–water partition coefficient (Wildman–Crippen LogP) is 2.53. The lowest BCUT2D eigenvalue weighted by Crippen LogP contribution is -2.29. The van der Waals surface area contributed by atoms with E-state index in [4.69, 9.17) is 0 Å². The van der Waals surface area contributed by atoms with E-state index in [1.54, 1.807) is 0 Å². The lowest BCUT2D eigenvalue weighted by molar-refractivity contribution is -0.120. The lowest BCUT2D eigenvalue weighted by atomic mass is 10.1. The topological polar surface area (TPSA) is 41.1 Å². The minimum absolute atomic E-state index is 0.103. The van der Waals surface area contributed by atoms with E-state index in [0.717, 1.165) is 13.0 Å². The molecule has 2 aromatic rings. The SMILES string of the molecule is O=C(CCNCc1ccccc1)NCCc1ccccc1. The fraction of sp³-hybridized carbons (Fsp3) is 0.278. The van der Waals surface area contributed by atoms with Crippen LogP contribution in [0.3, 0.4) is 0 Å². The van der Waals surface area contributed by atoms with Gasteiger partial charge in [-0.25, -0.2) is 0 Å². The Morgan fingerprint density at radius 2 is 1.43 bits per heavy atom. The van der Waals surface area contributed by atoms with Crippen molar-refractivity contribution in [3.05, 3.63) is 71.8 Å². The normalized spacial score (nSPS) is 10.3. The first-order valence-corrected chi connectivity index (χ1v) is 7.40. The maximum absolute atomic E-state index is 11.7. The number of amides is 1. The first kappa shape index (κ1) is 15.3. The average Bonchev–Trinajstić information content (AvgIpc) is 2.54. The predicted molar refractivity (Wildman–Crippen MR) is 85.9 cm³/mol. The van der Waals surface area contributed by atoms with Crippen molar-refractivity contribution >= 4 is 5.91 Å². The summed E-state index contributed by atoms with van der Waals surface area (Å²) in [5.74, 6) is 0.103. The fourth-order valence-electron chi connectivity index (χ4n) is 2.11. The zero-order valence-electron chi connectivity index (χ0n) is 12.2. The van der Waals surface area contributed by atoms with Crippen LogP contribution >= 0.6 is 0 Å². The summed E-state index contributed by atoms with van der Waals surface area (Å²) in [7, 11) is 0. The van der Waals surface area contributed by atoms with Crippen LogP contribution in [0.15, 0.2) is 60.7 Å². The summed E-state index contributed by atoms with van der Waals surface area (Å²) in [5, 5.41) is 6.23. The number of rotatable bonds is 8. The highest BCUT2D eigenvalue weighted by atomic mass is 16.1. The van der Waals surface area contributed by atoms with Crippen molar-refractivity contribution < 1.29 is 4.79 Å². The summed E-state index contributed by atoms with van der Waals surface area (Å²) in [6, 6.07) is 20.4. The van der Waals surface area contributed by atoms with Gasteiger partial charge in [0.2, 0.25) is 5.91 Å². The summed E-state index contributed by atoms with van der Waals surface area (Å²) < 4.78 is 0. The summed E-state index contributed by atoms with van der Waals surface area (Å²) in [5.41, 5.74) is 2.49. The van der Waals surface area contributed by atoms with E-state index in [-0.39, 0.29) is 5.91 Å². The number of benzene rings is 2. The van der Waals surface area contributed by atoms with Crippen LogP contribution < -0.4 is 10.6 Å². The Morgan fingerprint density at radius 1 is 0.810 bits per heavy atom. The second-order valence-electron chi connectivity index (χ2n) is 5.00. The fourth-order valence-corrected chi connectivity index (χ4v) is 2.11. The molecule has 0 bridgehead atoms. The summed E-state index contributed by atoms with van der Waals surface area (Å²) in [4.78, 5) is 11.7. The van der Waals surface area contributed by atoms with Crippen LogP contribution in [0.5, 0.6) is 0 Å². The Bertz CT molecular complexity index is 525. The Morgan fingerprint density at radius 3 is 2.10 bits per heavy atom. The molecule has 2 aromatic carbocycles. The van der Waals surface area contributed by atoms with Crippen LogP contribution in [0.2, 0.25) is 0 Å². The van der Waals surface area contributed by atoms with Gasteiger partial charge in [-0.15, -0.1) is 0 Å². The molecule has 0 radical (unpaired) electrons. The van der Waals surface area contributed by atoms with E-state index in [9.17, 15) is 4.79 Å². The van der Waals surface area contributed by atoms with Crippen LogP contribution in [0, 0.1) is 0 Å². The minimum Gasteiger partial charge on any atom is -0.356 e. The molecule has 0 aliphatic carbocycles. The van der Waals surface area contributed by atoms with E-state index < -0.39 is 0 Å². The van der Waals surface area contributed by atoms with Gasteiger partial charge in [-0.05, 0) is 17.5 Å². The molecule has 0 saturated heterocycles. The first-order valence-electron chi connectivity index (χ1n) is 7.40. The van der Waals surface area contributed by atoms with Crippen molar-refractivity contribution in [2.75, 3.05) is 13.1 Å². The van der Waals surface area contributed by atoms with Gasteiger partial charge >= 0.3 is 0 Å². The highest BCUT2D eigenvalue weighted by Crippen LogP contribution is 1.98. The number of hydrogen-bond acceptors (Lipinski definition) is 2. The number of carbonyl (C=O) groups excluding carboxylic acids is 1. The van der Waals surface area contributed by atoms with Crippen LogP contribution in [0.1, 0.15) is 17.5 Å². The van der Waals surface area contributed by atoms with E-state index >= 15 is 0 Å². The van der Waals surface area contributed by atoms with Crippen LogP contribution in [-0.2, 0) is 17.8 Å². The van der Waals surface area contributed by atoms with E-state index in [1.807, 2.05) is 36.4 Å². The zero-order chi connectivity index (χ0) is 14.8. The van der Waals surface area contributed by atoms with Gasteiger partial charge in [-0.3, -0.25) is 4.79 Å². The van der Waals surface area contributed by atoms with Gasteiger partial charge in [0.15, 0.2) is 0 Å². The molecule has 0 saturated carbocycles. The maximum Gasteiger partial charge on any atom is 0.221 e. The molecule has 0 unspecified atom stereocenters. The van der Waals surface area contributed by atoms with Gasteiger partial charge in [-0.1, -0.05) is 60.7 Å². The second kappa shape index (κ2) is 8.93. The largest absolute Gasteiger partial charge is 0.356 e. The molecule has 2 rings (SSSR count). The number of nitrogens with one attached hydrogen (secondary N) is 2. The van der Waals surface area contributed by atoms with Gasteiger partial charge in [0.1, 0.15) is 0 Å². The molecule has 3 nitrogen and oxygen atoms in total. The third kappa shape index (κ3) is 6.23. The molecule has 110 valence electrons. The van der Waals surface area contributed by atoms with Gasteiger partial charge in [0, 0.05) is 26.1 Å². The molecule has 3 heteroatoms. The van der Waals surface area contributed by atoms with Crippen molar-refractivity contribution in [1.82, 2.24) is 10.6 Å². The Labute approximate surface area is 126 Å². The van der Waals surface area contributed by atoms with Crippen molar-refractivity contribution in [3.8, 4) is 0 Å². The van der Waals surface area contributed by atoms with Crippen LogP contribution in [-0.4, -0.2) is 19.0 Å². The minimum atomic E-state index is 0.103. The number of hydrogen-bond donors (Lipinski definition) is 2. The third-order valence-electron chi connectivity index (χ3n) is 3.28. The molecule has 21 heavy (non-hydrogen) atoms. The Kier molecular flexibility index (Phi) is 6.49. The van der Waals surface area contributed by atoms with Gasteiger partial charge in [0.05, 0.1) is 0 Å². The van der Waals surface area contributed by atoms with E-state index in [1.165, 1.54) is 11.1 Å². The Hall–Kier alpha value is -2.13. The van der Waals surface area contributed by atoms with E-state index in [0.29, 0.717) is 19.5 Å². The molecule has 0 heterocycles. The molecule has 0 aromatic heterocycles. The quantitative estimate of drug-likeness (QED) is 0.731. The molecule has 0 spiro atoms. The van der Waals surface area contributed by atoms with Crippen molar-refractivity contribution in [2.45, 2.75) is 19.4 Å². The van der Waals surface area contributed by atoms with Crippen LogP contribution in [0.25, 0.3) is 0 Å². The highest BCUT2D eigenvalue weighted by molar-refractivity contribution is 5.76. The monoisotopic (exact) mass is 282 g/mol.